The predicted octanol–water partition coefficient (Wildman–Crippen LogP) is 4.12. The number of aliphatic hydroxyl groups excluding tert-OH is 1. The van der Waals surface area contributed by atoms with Gasteiger partial charge in [-0.1, -0.05) is 39.5 Å². The third-order valence-corrected chi connectivity index (χ3v) is 4.38. The number of hydrogen-bond acceptors (Lipinski definition) is 3. The van der Waals surface area contributed by atoms with Gasteiger partial charge in [0, 0.05) is 12.0 Å². The van der Waals surface area contributed by atoms with Crippen LogP contribution < -0.4 is 5.32 Å². The Morgan fingerprint density at radius 2 is 1.86 bits per heavy atom. The first-order chi connectivity index (χ1) is 10.2. The van der Waals surface area contributed by atoms with Gasteiger partial charge in [-0.2, -0.15) is 0 Å². The average molecular weight is 313 g/mol. The van der Waals surface area contributed by atoms with Crippen LogP contribution in [0, 0.1) is 17.3 Å². The maximum absolute atomic E-state index is 11.9. The summed E-state index contributed by atoms with van der Waals surface area (Å²) in [5.41, 5.74) is -0.713. The Bertz CT molecular complexity index is 343. The van der Waals surface area contributed by atoms with Crippen LogP contribution >= 0.6 is 0 Å². The fourth-order valence-electron chi connectivity index (χ4n) is 3.68. The number of ether oxygens (including phenoxy) is 1. The van der Waals surface area contributed by atoms with Crippen molar-refractivity contribution >= 4 is 6.09 Å². The fraction of sp³-hybridized carbons (Fsp3) is 0.944. The van der Waals surface area contributed by atoms with Crippen molar-refractivity contribution in [3.05, 3.63) is 0 Å². The lowest BCUT2D eigenvalue weighted by atomic mass is 9.73. The molecule has 1 aliphatic rings. The van der Waals surface area contributed by atoms with E-state index in [1.165, 1.54) is 25.7 Å². The van der Waals surface area contributed by atoms with Crippen LogP contribution in [0.5, 0.6) is 0 Å². The standard InChI is InChI=1S/C18H35NO3/c1-14(2)10-18(13-20,11-15-8-6-7-9-15)12-19-16(21)22-17(3,4)5/h14-15,20H,6-13H2,1-5H3,(H,19,21). The number of rotatable bonds is 7. The molecule has 1 aliphatic carbocycles. The first-order valence-corrected chi connectivity index (χ1v) is 8.73. The van der Waals surface area contributed by atoms with Crippen LogP contribution in [0.2, 0.25) is 0 Å². The fourth-order valence-corrected chi connectivity index (χ4v) is 3.68. The highest BCUT2D eigenvalue weighted by atomic mass is 16.6. The number of alkyl carbamates (subject to hydrolysis) is 1. The van der Waals surface area contributed by atoms with E-state index in [9.17, 15) is 9.90 Å². The molecule has 2 N–H and O–H groups in total. The van der Waals surface area contributed by atoms with Crippen LogP contribution in [0.4, 0.5) is 4.79 Å². The van der Waals surface area contributed by atoms with Crippen molar-refractivity contribution in [1.29, 1.82) is 0 Å². The average Bonchev–Trinajstić information content (AvgIpc) is 2.86. The normalized spacial score (nSPS) is 19.2. The van der Waals surface area contributed by atoms with E-state index in [1.54, 1.807) is 0 Å². The van der Waals surface area contributed by atoms with E-state index in [-0.39, 0.29) is 18.1 Å². The van der Waals surface area contributed by atoms with Gasteiger partial charge in [0.15, 0.2) is 0 Å². The number of hydrogen-bond donors (Lipinski definition) is 2. The van der Waals surface area contributed by atoms with E-state index in [4.69, 9.17) is 4.74 Å². The molecule has 22 heavy (non-hydrogen) atoms. The second-order valence-electron chi connectivity index (χ2n) is 8.47. The zero-order chi connectivity index (χ0) is 16.8. The summed E-state index contributed by atoms with van der Waals surface area (Å²) in [6.45, 7) is 10.5. The molecule has 1 unspecified atom stereocenters. The van der Waals surface area contributed by atoms with E-state index in [2.05, 4.69) is 19.2 Å². The van der Waals surface area contributed by atoms with Gasteiger partial charge >= 0.3 is 6.09 Å². The van der Waals surface area contributed by atoms with Crippen molar-refractivity contribution in [2.24, 2.45) is 17.3 Å². The van der Waals surface area contributed by atoms with Gasteiger partial charge < -0.3 is 15.2 Å². The largest absolute Gasteiger partial charge is 0.444 e. The Labute approximate surface area is 136 Å². The number of amides is 1. The van der Waals surface area contributed by atoms with E-state index in [0.29, 0.717) is 18.4 Å². The summed E-state index contributed by atoms with van der Waals surface area (Å²) in [7, 11) is 0. The SMILES string of the molecule is CC(C)CC(CO)(CNC(=O)OC(C)(C)C)CC1CCCC1. The molecule has 0 radical (unpaired) electrons. The molecule has 4 heteroatoms. The molecule has 0 bridgehead atoms. The molecular weight excluding hydrogens is 278 g/mol. The number of nitrogens with one attached hydrogen (secondary N) is 1. The second kappa shape index (κ2) is 8.19. The molecule has 0 aromatic carbocycles. The number of aliphatic hydroxyl groups is 1. The van der Waals surface area contributed by atoms with Gasteiger partial charge in [0.1, 0.15) is 5.60 Å². The molecule has 1 rings (SSSR count). The highest BCUT2D eigenvalue weighted by Crippen LogP contribution is 2.39. The van der Waals surface area contributed by atoms with Crippen LogP contribution in [0.25, 0.3) is 0 Å². The third-order valence-electron chi connectivity index (χ3n) is 4.38. The van der Waals surface area contributed by atoms with Crippen molar-refractivity contribution in [3.8, 4) is 0 Å². The monoisotopic (exact) mass is 313 g/mol. The van der Waals surface area contributed by atoms with E-state index in [1.807, 2.05) is 20.8 Å². The number of carbonyl (C=O) groups is 1. The topological polar surface area (TPSA) is 58.6 Å². The van der Waals surface area contributed by atoms with E-state index < -0.39 is 5.60 Å². The van der Waals surface area contributed by atoms with Gasteiger partial charge in [-0.3, -0.25) is 0 Å². The molecule has 130 valence electrons. The molecular formula is C18H35NO3. The molecule has 1 saturated carbocycles. The van der Waals surface area contributed by atoms with Crippen LogP contribution in [0.1, 0.15) is 73.1 Å². The number of carbonyl (C=O) groups excluding carboxylic acids is 1. The lowest BCUT2D eigenvalue weighted by Gasteiger charge is -2.36. The van der Waals surface area contributed by atoms with Gasteiger partial charge in [0.05, 0.1) is 6.61 Å². The molecule has 0 aliphatic heterocycles. The molecule has 4 nitrogen and oxygen atoms in total. The highest BCUT2D eigenvalue weighted by molar-refractivity contribution is 5.67. The first kappa shape index (κ1) is 19.3. The molecule has 0 spiro atoms. The first-order valence-electron chi connectivity index (χ1n) is 8.73. The minimum Gasteiger partial charge on any atom is -0.444 e. The second-order valence-corrected chi connectivity index (χ2v) is 8.47. The van der Waals surface area contributed by atoms with Crippen molar-refractivity contribution in [3.63, 3.8) is 0 Å². The lowest BCUT2D eigenvalue weighted by molar-refractivity contribution is 0.0390. The quantitative estimate of drug-likeness (QED) is 0.743. The minimum atomic E-state index is -0.491. The predicted molar refractivity (Wildman–Crippen MR) is 89.8 cm³/mol. The molecule has 0 heterocycles. The van der Waals surface area contributed by atoms with Crippen LogP contribution in [0.15, 0.2) is 0 Å². The maximum atomic E-state index is 11.9. The smallest absolute Gasteiger partial charge is 0.407 e. The van der Waals surface area contributed by atoms with Gasteiger partial charge in [-0.15, -0.1) is 0 Å². The van der Waals surface area contributed by atoms with E-state index in [0.717, 1.165) is 12.8 Å². The zero-order valence-electron chi connectivity index (χ0n) is 15.1. The minimum absolute atomic E-state index is 0.122. The summed E-state index contributed by atoms with van der Waals surface area (Å²) in [4.78, 5) is 11.9. The van der Waals surface area contributed by atoms with Crippen molar-refractivity contribution < 1.29 is 14.6 Å². The van der Waals surface area contributed by atoms with Crippen molar-refractivity contribution in [2.75, 3.05) is 13.2 Å². The van der Waals surface area contributed by atoms with Gasteiger partial charge in [-0.05, 0) is 45.4 Å². The molecule has 0 saturated heterocycles. The van der Waals surface area contributed by atoms with Gasteiger partial charge in [-0.25, -0.2) is 4.79 Å². The molecule has 1 fully saturated rings. The summed E-state index contributed by atoms with van der Waals surface area (Å²) in [5, 5.41) is 12.9. The van der Waals surface area contributed by atoms with Crippen molar-refractivity contribution in [1.82, 2.24) is 5.32 Å². The molecule has 1 amide bonds. The van der Waals surface area contributed by atoms with Crippen molar-refractivity contribution in [2.45, 2.75) is 78.7 Å². The van der Waals surface area contributed by atoms with Crippen LogP contribution in [-0.4, -0.2) is 30.0 Å². The maximum Gasteiger partial charge on any atom is 0.407 e. The van der Waals surface area contributed by atoms with E-state index >= 15 is 0 Å². The summed E-state index contributed by atoms with van der Waals surface area (Å²) in [6, 6.07) is 0. The highest BCUT2D eigenvalue weighted by Gasteiger charge is 2.35. The summed E-state index contributed by atoms with van der Waals surface area (Å²) < 4.78 is 5.32. The molecule has 1 atom stereocenters. The Kier molecular flexibility index (Phi) is 7.17. The van der Waals surface area contributed by atoms with Gasteiger partial charge in [0.2, 0.25) is 0 Å². The Morgan fingerprint density at radius 1 is 1.27 bits per heavy atom. The summed E-state index contributed by atoms with van der Waals surface area (Å²) in [6.07, 6.45) is 6.65. The van der Waals surface area contributed by atoms with Gasteiger partial charge in [0.25, 0.3) is 0 Å². The lowest BCUT2D eigenvalue weighted by Crippen LogP contribution is -2.43. The summed E-state index contributed by atoms with van der Waals surface area (Å²) >= 11 is 0. The van der Waals surface area contributed by atoms with Crippen LogP contribution in [-0.2, 0) is 4.74 Å². The van der Waals surface area contributed by atoms with Crippen LogP contribution in [0.3, 0.4) is 0 Å². The zero-order valence-corrected chi connectivity index (χ0v) is 15.1. The Balaban J connectivity index is 2.65. The Hall–Kier alpha value is -0.770. The molecule has 0 aromatic heterocycles. The third kappa shape index (κ3) is 6.99. The summed E-state index contributed by atoms with van der Waals surface area (Å²) in [5.74, 6) is 1.18. The Morgan fingerprint density at radius 3 is 2.32 bits per heavy atom. The molecule has 0 aromatic rings.